The lowest BCUT2D eigenvalue weighted by atomic mass is 9.76. The second kappa shape index (κ2) is 8.73. The van der Waals surface area contributed by atoms with Crippen molar-refractivity contribution in [1.29, 1.82) is 0 Å². The lowest BCUT2D eigenvalue weighted by molar-refractivity contribution is -0.134. The summed E-state index contributed by atoms with van der Waals surface area (Å²) in [5.41, 5.74) is 2.24. The molecule has 3 aromatic rings. The third kappa shape index (κ3) is 3.84. The van der Waals surface area contributed by atoms with Crippen molar-refractivity contribution in [1.82, 2.24) is 10.6 Å². The Morgan fingerprint density at radius 1 is 0.867 bits per heavy atom. The summed E-state index contributed by atoms with van der Waals surface area (Å²) in [5.74, 6) is -1.11. The Kier molecular flexibility index (Phi) is 5.88. The number of amides is 1. The normalized spacial score (nSPS) is 18.3. The van der Waals surface area contributed by atoms with Gasteiger partial charge >= 0.3 is 5.97 Å². The van der Waals surface area contributed by atoms with E-state index in [1.54, 1.807) is 0 Å². The van der Waals surface area contributed by atoms with Crippen molar-refractivity contribution >= 4 is 23.6 Å². The van der Waals surface area contributed by atoms with Crippen LogP contribution in [-0.2, 0) is 15.1 Å². The highest BCUT2D eigenvalue weighted by Gasteiger charge is 2.47. The molecular formula is C24H22N2O3S. The molecule has 0 aromatic heterocycles. The number of nitrogens with one attached hydrogen (secondary N) is 2. The fraction of sp³-hybridized carbons (Fsp3) is 0.167. The number of hydrogen-bond acceptors (Lipinski definition) is 4. The molecule has 5 nitrogen and oxygen atoms in total. The van der Waals surface area contributed by atoms with Gasteiger partial charge in [0.15, 0.2) is 0 Å². The molecule has 1 amide bonds. The predicted octanol–water partition coefficient (Wildman–Crippen LogP) is 3.21. The van der Waals surface area contributed by atoms with Crippen LogP contribution in [0.1, 0.15) is 16.7 Å². The number of aliphatic carboxylic acids is 1. The summed E-state index contributed by atoms with van der Waals surface area (Å²) in [6, 6.07) is 29.5. The molecule has 152 valence electrons. The average Bonchev–Trinajstić information content (AvgIpc) is 2.79. The molecule has 0 saturated carbocycles. The van der Waals surface area contributed by atoms with E-state index < -0.39 is 17.6 Å². The van der Waals surface area contributed by atoms with Crippen molar-refractivity contribution in [3.8, 4) is 0 Å². The van der Waals surface area contributed by atoms with Crippen molar-refractivity contribution in [2.45, 2.75) is 17.0 Å². The maximum Gasteiger partial charge on any atom is 0.313 e. The maximum atomic E-state index is 12.5. The summed E-state index contributed by atoms with van der Waals surface area (Å²) in [6.45, 7) is 0. The van der Waals surface area contributed by atoms with E-state index >= 15 is 0 Å². The number of carboxylic acids is 1. The van der Waals surface area contributed by atoms with Gasteiger partial charge in [-0.2, -0.15) is 0 Å². The first-order chi connectivity index (χ1) is 14.6. The highest BCUT2D eigenvalue weighted by molar-refractivity contribution is 8.00. The SMILES string of the molecule is O=C(O)CS[C@H]1NC(=O)[C@H]1NC(c1ccccc1)(c1ccccc1)c1ccccc1. The van der Waals surface area contributed by atoms with Crippen LogP contribution in [-0.4, -0.2) is 34.2 Å². The number of hydrogen-bond donors (Lipinski definition) is 3. The molecule has 1 aliphatic heterocycles. The highest BCUT2D eigenvalue weighted by Crippen LogP contribution is 2.38. The number of benzene rings is 3. The standard InChI is InChI=1S/C24H22N2O3S/c27-20(28)16-30-23-21(22(29)25-23)26-24(17-10-4-1-5-11-17,18-12-6-2-7-13-18)19-14-8-3-9-15-19/h1-15,21,23,26H,16H2,(H,25,29)(H,27,28)/t21-,23-/m1/s1. The summed E-state index contributed by atoms with van der Waals surface area (Å²) < 4.78 is 0. The van der Waals surface area contributed by atoms with Gasteiger partial charge in [0.05, 0.1) is 16.7 Å². The average molecular weight is 419 g/mol. The molecule has 30 heavy (non-hydrogen) atoms. The van der Waals surface area contributed by atoms with Crippen LogP contribution in [0.3, 0.4) is 0 Å². The molecular weight excluding hydrogens is 396 g/mol. The third-order valence-corrected chi connectivity index (χ3v) is 6.41. The van der Waals surface area contributed by atoms with E-state index in [1.165, 1.54) is 11.8 Å². The molecule has 1 fully saturated rings. The molecule has 0 unspecified atom stereocenters. The van der Waals surface area contributed by atoms with Crippen LogP contribution in [0.4, 0.5) is 0 Å². The Hall–Kier alpha value is -3.09. The second-order valence-corrected chi connectivity index (χ2v) is 8.23. The summed E-state index contributed by atoms with van der Waals surface area (Å²) in [4.78, 5) is 23.6. The van der Waals surface area contributed by atoms with Gasteiger partial charge in [-0.25, -0.2) is 0 Å². The molecule has 6 heteroatoms. The van der Waals surface area contributed by atoms with E-state index in [9.17, 15) is 9.59 Å². The van der Waals surface area contributed by atoms with Gasteiger partial charge in [-0.1, -0.05) is 91.0 Å². The van der Waals surface area contributed by atoms with Gasteiger partial charge in [-0.3, -0.25) is 14.9 Å². The quantitative estimate of drug-likeness (QED) is 0.387. The van der Waals surface area contributed by atoms with Gasteiger partial charge in [0, 0.05) is 0 Å². The van der Waals surface area contributed by atoms with E-state index in [0.29, 0.717) is 0 Å². The zero-order chi connectivity index (χ0) is 21.0. The lowest BCUT2D eigenvalue weighted by Crippen LogP contribution is -2.70. The molecule has 3 N–H and O–H groups in total. The van der Waals surface area contributed by atoms with Crippen LogP contribution in [0, 0.1) is 0 Å². The Morgan fingerprint density at radius 2 is 1.30 bits per heavy atom. The van der Waals surface area contributed by atoms with Gasteiger partial charge in [0.1, 0.15) is 6.04 Å². The maximum absolute atomic E-state index is 12.5. The Bertz CT molecular complexity index is 916. The Morgan fingerprint density at radius 3 is 1.67 bits per heavy atom. The molecule has 2 atom stereocenters. The number of rotatable bonds is 8. The van der Waals surface area contributed by atoms with E-state index in [-0.39, 0.29) is 17.0 Å². The van der Waals surface area contributed by atoms with Crippen molar-refractivity contribution in [3.63, 3.8) is 0 Å². The van der Waals surface area contributed by atoms with Gasteiger partial charge in [0.2, 0.25) is 5.91 Å². The first-order valence-electron chi connectivity index (χ1n) is 9.69. The minimum absolute atomic E-state index is 0.0713. The zero-order valence-electron chi connectivity index (χ0n) is 16.2. The molecule has 0 radical (unpaired) electrons. The van der Waals surface area contributed by atoms with Crippen LogP contribution < -0.4 is 10.6 Å². The number of carbonyl (C=O) groups is 2. The highest BCUT2D eigenvalue weighted by atomic mass is 32.2. The molecule has 4 rings (SSSR count). The lowest BCUT2D eigenvalue weighted by Gasteiger charge is -2.45. The number of β-lactam (4-membered cyclic amide) rings is 1. The second-order valence-electron chi connectivity index (χ2n) is 7.10. The van der Waals surface area contributed by atoms with Crippen molar-refractivity contribution in [3.05, 3.63) is 108 Å². The number of carbonyl (C=O) groups excluding carboxylic acids is 1. The van der Waals surface area contributed by atoms with Crippen molar-refractivity contribution in [2.24, 2.45) is 0 Å². The molecule has 0 bridgehead atoms. The minimum atomic E-state index is -0.902. The topological polar surface area (TPSA) is 78.4 Å². The zero-order valence-corrected chi connectivity index (χ0v) is 17.0. The van der Waals surface area contributed by atoms with Crippen LogP contribution in [0.15, 0.2) is 91.0 Å². The van der Waals surface area contributed by atoms with Crippen LogP contribution in [0.5, 0.6) is 0 Å². The molecule has 1 aliphatic rings. The van der Waals surface area contributed by atoms with Crippen LogP contribution >= 0.6 is 11.8 Å². The Balaban J connectivity index is 1.83. The van der Waals surface area contributed by atoms with E-state index in [4.69, 9.17) is 5.11 Å². The monoisotopic (exact) mass is 418 g/mol. The molecule has 1 heterocycles. The fourth-order valence-corrected chi connectivity index (χ4v) is 4.75. The number of carboxylic acid groups (broad SMARTS) is 1. The first-order valence-corrected chi connectivity index (χ1v) is 10.7. The van der Waals surface area contributed by atoms with E-state index in [2.05, 4.69) is 10.6 Å². The summed E-state index contributed by atoms with van der Waals surface area (Å²) in [6.07, 6.45) is 0. The Labute approximate surface area is 179 Å². The largest absolute Gasteiger partial charge is 0.481 e. The molecule has 0 spiro atoms. The minimum Gasteiger partial charge on any atom is -0.481 e. The molecule has 1 saturated heterocycles. The smallest absolute Gasteiger partial charge is 0.313 e. The predicted molar refractivity (Wildman–Crippen MR) is 118 cm³/mol. The summed E-state index contributed by atoms with van der Waals surface area (Å²) in [7, 11) is 0. The van der Waals surface area contributed by atoms with Gasteiger partial charge in [-0.15, -0.1) is 11.8 Å². The van der Waals surface area contributed by atoms with E-state index in [1.807, 2.05) is 91.0 Å². The van der Waals surface area contributed by atoms with Crippen LogP contribution in [0.25, 0.3) is 0 Å². The first kappa shape index (κ1) is 20.2. The molecule has 3 aromatic carbocycles. The van der Waals surface area contributed by atoms with Crippen molar-refractivity contribution in [2.75, 3.05) is 5.75 Å². The van der Waals surface area contributed by atoms with Gasteiger partial charge < -0.3 is 10.4 Å². The van der Waals surface area contributed by atoms with Crippen LogP contribution in [0.2, 0.25) is 0 Å². The van der Waals surface area contributed by atoms with Gasteiger partial charge in [-0.05, 0) is 16.7 Å². The number of thioether (sulfide) groups is 1. The van der Waals surface area contributed by atoms with E-state index in [0.717, 1.165) is 16.7 Å². The fourth-order valence-electron chi connectivity index (χ4n) is 3.84. The summed E-state index contributed by atoms with van der Waals surface area (Å²) >= 11 is 1.22. The van der Waals surface area contributed by atoms with Crippen molar-refractivity contribution < 1.29 is 14.7 Å². The van der Waals surface area contributed by atoms with Gasteiger partial charge in [0.25, 0.3) is 0 Å². The third-order valence-electron chi connectivity index (χ3n) is 5.25. The summed E-state index contributed by atoms with van der Waals surface area (Å²) in [5, 5.41) is 15.2. The molecule has 0 aliphatic carbocycles.